The second kappa shape index (κ2) is 13.3. The molecule has 2 aromatic heterocycles. The van der Waals surface area contributed by atoms with Gasteiger partial charge in [-0.3, -0.25) is 4.79 Å². The third-order valence-corrected chi connectivity index (χ3v) is 9.35. The Morgan fingerprint density at radius 1 is 1.24 bits per heavy atom. The van der Waals surface area contributed by atoms with Crippen molar-refractivity contribution in [3.05, 3.63) is 55.5 Å². The van der Waals surface area contributed by atoms with Crippen LogP contribution in [0.5, 0.6) is 5.75 Å². The molecule has 0 spiro atoms. The van der Waals surface area contributed by atoms with Crippen LogP contribution in [0.15, 0.2) is 33.0 Å². The van der Waals surface area contributed by atoms with Crippen molar-refractivity contribution in [2.45, 2.75) is 64.2 Å². The minimum Gasteiger partial charge on any atom is -0.493 e. The fourth-order valence-electron chi connectivity index (χ4n) is 5.32. The van der Waals surface area contributed by atoms with Crippen molar-refractivity contribution in [3.8, 4) is 17.1 Å². The zero-order valence-corrected chi connectivity index (χ0v) is 24.7. The number of rotatable bonds is 13. The van der Waals surface area contributed by atoms with Gasteiger partial charge in [-0.05, 0) is 68.7 Å². The summed E-state index contributed by atoms with van der Waals surface area (Å²) in [5.41, 5.74) is 2.11. The highest BCUT2D eigenvalue weighted by molar-refractivity contribution is 7.89. The van der Waals surface area contributed by atoms with Crippen molar-refractivity contribution in [2.24, 2.45) is 11.1 Å². The van der Waals surface area contributed by atoms with Crippen LogP contribution in [-0.2, 0) is 21.3 Å². The number of ether oxygens (including phenoxy) is 1. The first-order valence-electron chi connectivity index (χ1n) is 14.0. The van der Waals surface area contributed by atoms with Gasteiger partial charge in [0.1, 0.15) is 11.3 Å². The Morgan fingerprint density at radius 2 is 1.98 bits per heavy atom. The number of sulfonamides is 1. The molecular formula is C27H36N6O8S. The monoisotopic (exact) mass is 604 g/mol. The van der Waals surface area contributed by atoms with Crippen LogP contribution in [0.4, 0.5) is 0 Å². The molecule has 4 rings (SSSR count). The van der Waals surface area contributed by atoms with Gasteiger partial charge in [0.25, 0.3) is 10.6 Å². The van der Waals surface area contributed by atoms with Crippen molar-refractivity contribution in [3.63, 3.8) is 0 Å². The Labute approximate surface area is 243 Å². The predicted octanol–water partition coefficient (Wildman–Crippen LogP) is 3.55. The first-order valence-corrected chi connectivity index (χ1v) is 15.4. The number of piperidine rings is 1. The van der Waals surface area contributed by atoms with E-state index in [1.54, 1.807) is 13.0 Å². The number of benzene rings is 1. The van der Waals surface area contributed by atoms with Crippen LogP contribution in [0, 0.1) is 23.0 Å². The molecule has 3 heterocycles. The molecule has 1 aliphatic heterocycles. The van der Waals surface area contributed by atoms with Crippen LogP contribution < -0.4 is 10.3 Å². The number of nitrogens with one attached hydrogen (secondary N) is 1. The summed E-state index contributed by atoms with van der Waals surface area (Å²) in [5.74, 6) is 0.641. The van der Waals surface area contributed by atoms with E-state index in [0.29, 0.717) is 72.4 Å². The zero-order chi connectivity index (χ0) is 30.4. The van der Waals surface area contributed by atoms with E-state index in [9.17, 15) is 28.5 Å². The topological polar surface area (TPSA) is 182 Å². The van der Waals surface area contributed by atoms with Crippen LogP contribution in [0.25, 0.3) is 16.9 Å². The Morgan fingerprint density at radius 3 is 2.62 bits per heavy atom. The van der Waals surface area contributed by atoms with Crippen molar-refractivity contribution in [1.29, 1.82) is 0 Å². The molecule has 0 radical (unpaired) electrons. The number of nitrogens with zero attached hydrogens (tertiary/aromatic N) is 5. The van der Waals surface area contributed by atoms with Gasteiger partial charge in [0, 0.05) is 18.7 Å². The maximum Gasteiger partial charge on any atom is 0.294 e. The minimum absolute atomic E-state index is 0.0161. The summed E-state index contributed by atoms with van der Waals surface area (Å²) in [7, 11) is -3.90. The fourth-order valence-corrected chi connectivity index (χ4v) is 6.82. The van der Waals surface area contributed by atoms with Crippen molar-refractivity contribution in [1.82, 2.24) is 18.9 Å². The summed E-state index contributed by atoms with van der Waals surface area (Å²) in [6.45, 7) is 6.59. The quantitative estimate of drug-likeness (QED) is 0.128. The van der Waals surface area contributed by atoms with Gasteiger partial charge in [0.05, 0.1) is 35.6 Å². The summed E-state index contributed by atoms with van der Waals surface area (Å²) in [6.07, 6.45) is 4.91. The number of aromatic nitrogens is 3. The third kappa shape index (κ3) is 6.41. The zero-order valence-electron chi connectivity index (χ0n) is 23.9. The molecule has 3 aromatic rings. The number of oxime groups is 1. The summed E-state index contributed by atoms with van der Waals surface area (Å²) < 4.78 is 36.2. The van der Waals surface area contributed by atoms with E-state index in [1.807, 2.05) is 13.8 Å². The van der Waals surface area contributed by atoms with E-state index in [1.165, 1.54) is 27.2 Å². The average molecular weight is 605 g/mol. The molecule has 1 fully saturated rings. The Hall–Kier alpha value is -3.98. The predicted molar refractivity (Wildman–Crippen MR) is 154 cm³/mol. The molecule has 0 saturated carbocycles. The van der Waals surface area contributed by atoms with Crippen LogP contribution in [-0.4, -0.2) is 70.1 Å². The Bertz CT molecular complexity index is 1620. The summed E-state index contributed by atoms with van der Waals surface area (Å²) in [5, 5.41) is 26.7. The number of aromatic amines is 1. The molecule has 2 N–H and O–H groups in total. The second-order valence-electron chi connectivity index (χ2n) is 10.2. The van der Waals surface area contributed by atoms with Gasteiger partial charge in [-0.15, -0.1) is 15.2 Å². The highest BCUT2D eigenvalue weighted by Gasteiger charge is 2.30. The highest BCUT2D eigenvalue weighted by atomic mass is 32.2. The number of aryl methyl sites for hydroxylation is 2. The Balaban J connectivity index is 1.73. The molecule has 1 aliphatic rings. The van der Waals surface area contributed by atoms with Crippen LogP contribution in [0.2, 0.25) is 0 Å². The lowest BCUT2D eigenvalue weighted by atomic mass is 9.95. The molecule has 0 unspecified atom stereocenters. The normalized spacial score (nSPS) is 15.0. The minimum atomic E-state index is -3.90. The summed E-state index contributed by atoms with van der Waals surface area (Å²) in [4.78, 5) is 31.0. The van der Waals surface area contributed by atoms with Crippen LogP contribution in [0.3, 0.4) is 0 Å². The molecule has 0 aliphatic carbocycles. The molecular weight excluding hydrogens is 568 g/mol. The highest BCUT2D eigenvalue weighted by Crippen LogP contribution is 2.33. The van der Waals surface area contributed by atoms with Crippen molar-refractivity contribution >= 4 is 21.8 Å². The van der Waals surface area contributed by atoms with Gasteiger partial charge in [0.15, 0.2) is 5.82 Å². The summed E-state index contributed by atoms with van der Waals surface area (Å²) in [6, 6.07) is 4.52. The molecule has 1 saturated heterocycles. The summed E-state index contributed by atoms with van der Waals surface area (Å²) >= 11 is 0. The maximum absolute atomic E-state index is 13.7. The van der Waals surface area contributed by atoms with Gasteiger partial charge < -0.3 is 19.8 Å². The molecule has 15 heteroatoms. The van der Waals surface area contributed by atoms with E-state index >= 15 is 0 Å². The molecule has 228 valence electrons. The first-order chi connectivity index (χ1) is 20.1. The van der Waals surface area contributed by atoms with E-state index in [4.69, 9.17) is 9.84 Å². The SMILES string of the molecule is CCCOc1ccc(S(=O)(=O)N2CCC(CCO[N+](=O)[O-])CC2)cc1-c1nn2c(CCC)c(/C=N\O)c(C)c2c(=O)[nH]1. The van der Waals surface area contributed by atoms with Gasteiger partial charge in [-0.2, -0.15) is 4.31 Å². The van der Waals surface area contributed by atoms with E-state index in [0.717, 1.165) is 6.42 Å². The number of fused-ring (bicyclic) bond motifs is 1. The number of H-pyrrole nitrogens is 1. The molecule has 0 amide bonds. The standard InChI is InChI=1S/C27H36N6O8S/c1-4-6-23-22(17-28-35)18(3)25-27(34)29-26(30-32(23)25)21-16-20(7-8-24(21)40-14-5-2)42(38,39)31-12-9-19(10-13-31)11-15-41-33(36)37/h7-8,16-17,19,35H,4-6,9-15H2,1-3H3,(H,29,30,34)/b28-17-. The first kappa shape index (κ1) is 31.0. The fraction of sp³-hybridized carbons (Fsp3) is 0.519. The van der Waals surface area contributed by atoms with Gasteiger partial charge in [-0.1, -0.05) is 25.4 Å². The van der Waals surface area contributed by atoms with Gasteiger partial charge >= 0.3 is 0 Å². The van der Waals surface area contributed by atoms with Gasteiger partial charge in [0.2, 0.25) is 10.0 Å². The molecule has 42 heavy (non-hydrogen) atoms. The number of hydrogen-bond donors (Lipinski definition) is 2. The lowest BCUT2D eigenvalue weighted by molar-refractivity contribution is -0.758. The van der Waals surface area contributed by atoms with E-state index in [-0.39, 0.29) is 36.3 Å². The van der Waals surface area contributed by atoms with Crippen LogP contribution >= 0.6 is 0 Å². The molecule has 0 bridgehead atoms. The lowest BCUT2D eigenvalue weighted by Gasteiger charge is -2.31. The average Bonchev–Trinajstić information content (AvgIpc) is 3.23. The molecule has 1 aromatic carbocycles. The second-order valence-corrected chi connectivity index (χ2v) is 12.2. The van der Waals surface area contributed by atoms with Crippen LogP contribution in [0.1, 0.15) is 62.8 Å². The largest absolute Gasteiger partial charge is 0.493 e. The third-order valence-electron chi connectivity index (χ3n) is 7.46. The smallest absolute Gasteiger partial charge is 0.294 e. The molecule has 14 nitrogen and oxygen atoms in total. The maximum atomic E-state index is 13.7. The van der Waals surface area contributed by atoms with Gasteiger partial charge in [-0.25, -0.2) is 12.9 Å². The van der Waals surface area contributed by atoms with Crippen molar-refractivity contribution in [2.75, 3.05) is 26.3 Å². The molecule has 0 atom stereocenters. The number of hydrogen-bond acceptors (Lipinski definition) is 10. The van der Waals surface area contributed by atoms with Crippen molar-refractivity contribution < 1.29 is 28.3 Å². The lowest BCUT2D eigenvalue weighted by Crippen LogP contribution is -2.38. The van der Waals surface area contributed by atoms with E-state index < -0.39 is 20.7 Å². The van der Waals surface area contributed by atoms with E-state index in [2.05, 4.69) is 15.0 Å². The Kier molecular flexibility index (Phi) is 9.83.